The summed E-state index contributed by atoms with van der Waals surface area (Å²) in [4.78, 5) is 75.0. The maximum absolute atomic E-state index is 12.9. The molecule has 4 aliphatic heterocycles. The molecule has 0 radical (unpaired) electrons. The van der Waals surface area contributed by atoms with E-state index in [1.807, 2.05) is 207 Å². The van der Waals surface area contributed by atoms with Crippen molar-refractivity contribution in [1.82, 2.24) is 64.0 Å². The largest absolute Gasteiger partial charge is 0.494 e. The third-order valence-corrected chi connectivity index (χ3v) is 33.1. The van der Waals surface area contributed by atoms with Gasteiger partial charge < -0.3 is 4.74 Å². The topological polar surface area (TPSA) is 367 Å². The predicted octanol–water partition coefficient (Wildman–Crippen LogP) is 15.4. The number of nitrogens with zero attached hydrogens (tertiary/aromatic N) is 13. The van der Waals surface area contributed by atoms with Gasteiger partial charge in [0.05, 0.1) is 74.7 Å². The number of ketones is 4. The molecule has 123 heavy (non-hydrogen) atoms. The van der Waals surface area contributed by atoms with Crippen LogP contribution in [0.15, 0.2) is 145 Å². The van der Waals surface area contributed by atoms with Gasteiger partial charge in [0.25, 0.3) is 0 Å². The molecule has 13 heterocycles. The van der Waals surface area contributed by atoms with Crippen molar-refractivity contribution in [2.24, 2.45) is 21.7 Å². The lowest BCUT2D eigenvalue weighted by Crippen LogP contribution is -2.47. The minimum Gasteiger partial charge on any atom is -0.494 e. The van der Waals surface area contributed by atoms with Crippen molar-refractivity contribution in [1.29, 1.82) is 0 Å². The van der Waals surface area contributed by atoms with Crippen LogP contribution >= 0.6 is 0 Å². The van der Waals surface area contributed by atoms with Crippen molar-refractivity contribution in [2.75, 3.05) is 58.9 Å². The Morgan fingerprint density at radius 3 is 1.04 bits per heavy atom. The van der Waals surface area contributed by atoms with E-state index in [-0.39, 0.29) is 119 Å². The Labute approximate surface area is 718 Å². The number of sulfone groups is 4. The van der Waals surface area contributed by atoms with Gasteiger partial charge in [0.1, 0.15) is 50.6 Å². The van der Waals surface area contributed by atoms with E-state index < -0.39 is 70.5 Å². The summed E-state index contributed by atoms with van der Waals surface area (Å²) < 4.78 is 118. The van der Waals surface area contributed by atoms with E-state index in [2.05, 4.69) is 42.9 Å². The molecule has 648 valence electrons. The van der Waals surface area contributed by atoms with Gasteiger partial charge in [-0.15, -0.1) is 0 Å². The number of carbonyl (C=O) groups excluding carboxylic acids is 4. The maximum Gasteiger partial charge on any atom is 0.165 e. The van der Waals surface area contributed by atoms with Crippen LogP contribution in [0.25, 0.3) is 89.2 Å². The standard InChI is InChI=1S/C23H26N4O3S.C23H27N3O4S2.C23H27N3O4S.C22H25N3O3S/c1-14(2)27-19-7-17(20(28)8-23(3)12-31(29,30)13-23)11-25-22(19)21(26-27)18-6-16(9-24-10-18)15-4-5-15;1-15(2)26-19-10-17(20(27)11-23(3)13-32(29,30)14-23)12-24-22(19)21(25-26)16-7-6-8-18(9-16)31(4,5)28;1-5-30-18-8-6-7-16(9-18)21-22-19(26(25-21)15(2)3)10-17(12-24-22)20(27)11-23(4)13-31(28,29)14-23;1-14(2)25-18-9-17(19(26)10-22(4)12-29(27,28)13-22)11-23-21(18)20(24-25)16-7-5-6-15(3)8-16/h6-7,9-11,14-15H,4-5,8,12-13H2,1-3H3;6-10,12,15H,4,11,13-14H2,1-3,5H3;6-10,12,15H,5,11,13-14H2,1-4H3;5-9,11,14H,10,12-13H2,1-4H3. The molecule has 1 atom stereocenters. The molecule has 4 saturated heterocycles. The number of benzene rings is 3. The van der Waals surface area contributed by atoms with Crippen molar-refractivity contribution < 1.29 is 61.8 Å². The molecule has 0 N–H and O–H groups in total. The number of pyridine rings is 5. The van der Waals surface area contributed by atoms with Crippen LogP contribution in [0.5, 0.6) is 5.75 Å². The van der Waals surface area contributed by atoms with Gasteiger partial charge in [-0.3, -0.25) is 67.0 Å². The van der Waals surface area contributed by atoms with Gasteiger partial charge in [-0.2, -0.15) is 20.4 Å². The number of aromatic nitrogens is 13. The number of Topliss-reactive ketones (excluding diaryl/α,β-unsaturated/α-hetero) is 4. The third kappa shape index (κ3) is 19.6. The minimum absolute atomic E-state index is 0.0270. The van der Waals surface area contributed by atoms with Crippen LogP contribution in [0.4, 0.5) is 0 Å². The fourth-order valence-electron chi connectivity index (χ4n) is 17.3. The lowest BCUT2D eigenvalue weighted by molar-refractivity contribution is 0.0926. The summed E-state index contributed by atoms with van der Waals surface area (Å²) in [6.07, 6.45) is 14.8. The van der Waals surface area contributed by atoms with E-state index in [9.17, 15) is 57.1 Å². The minimum atomic E-state index is -3.02. The summed E-state index contributed by atoms with van der Waals surface area (Å²) in [5.41, 5.74) is 14.9. The molecule has 3 aromatic carbocycles. The lowest BCUT2D eigenvalue weighted by Gasteiger charge is -2.37. The van der Waals surface area contributed by atoms with Gasteiger partial charge in [-0.25, -0.2) is 33.7 Å². The molecule has 0 amide bonds. The van der Waals surface area contributed by atoms with Gasteiger partial charge in [-0.1, -0.05) is 75.7 Å². The van der Waals surface area contributed by atoms with Crippen molar-refractivity contribution in [3.05, 3.63) is 174 Å². The van der Waals surface area contributed by atoms with Gasteiger partial charge in [-0.05, 0) is 170 Å². The average molecular weight is 1770 g/mol. The Hall–Kier alpha value is -10.4. The first-order valence-corrected chi connectivity index (χ1v) is 50.7. The molecule has 27 nitrogen and oxygen atoms in total. The Morgan fingerprint density at radius 2 is 0.740 bits per heavy atom. The van der Waals surface area contributed by atoms with Crippen LogP contribution in [-0.2, 0) is 48.9 Å². The number of hydrogen-bond acceptors (Lipinski definition) is 23. The lowest BCUT2D eigenvalue weighted by atomic mass is 9.86. The molecule has 5 aliphatic rings. The van der Waals surface area contributed by atoms with E-state index in [1.165, 1.54) is 24.6 Å². The molecule has 32 heteroatoms. The van der Waals surface area contributed by atoms with Crippen LogP contribution in [0, 0.1) is 28.6 Å². The highest BCUT2D eigenvalue weighted by molar-refractivity contribution is 7.99. The smallest absolute Gasteiger partial charge is 0.165 e. The second-order valence-corrected chi connectivity index (χ2v) is 47.6. The second-order valence-electron chi connectivity index (χ2n) is 36.8. The van der Waals surface area contributed by atoms with Gasteiger partial charge in [0.2, 0.25) is 0 Å². The monoisotopic (exact) mass is 1760 g/mol. The molecule has 17 rings (SSSR count). The fraction of sp³-hybridized carbons (Fsp3) is 0.429. The number of hydrogen-bond donors (Lipinski definition) is 0. The van der Waals surface area contributed by atoms with Gasteiger partial charge in [0, 0.05) is 164 Å². The normalized spacial score (nSPS) is 18.2. The molecule has 0 spiro atoms. The van der Waals surface area contributed by atoms with E-state index in [1.54, 1.807) is 37.0 Å². The number of ether oxygens (including phenoxy) is 1. The van der Waals surface area contributed by atoms with Crippen molar-refractivity contribution in [3.63, 3.8) is 0 Å². The number of fused-ring (bicyclic) bond motifs is 4. The maximum atomic E-state index is 12.9. The third-order valence-electron chi connectivity index (χ3n) is 22.7. The van der Waals surface area contributed by atoms with Crippen LogP contribution < -0.4 is 4.74 Å². The molecule has 12 aromatic rings. The van der Waals surface area contributed by atoms with E-state index in [0.717, 1.165) is 89.3 Å². The zero-order valence-electron chi connectivity index (χ0n) is 72.1. The predicted molar refractivity (Wildman–Crippen MR) is 481 cm³/mol. The van der Waals surface area contributed by atoms with Crippen LogP contribution in [0.2, 0.25) is 0 Å². The summed E-state index contributed by atoms with van der Waals surface area (Å²) >= 11 is 0. The quantitative estimate of drug-likeness (QED) is 0.0400. The highest BCUT2D eigenvalue weighted by Gasteiger charge is 2.49. The zero-order valence-corrected chi connectivity index (χ0v) is 76.1. The molecule has 1 aliphatic carbocycles. The molecular weight excluding hydrogens is 1660 g/mol. The number of aryl methyl sites for hydroxylation is 1. The highest BCUT2D eigenvalue weighted by atomic mass is 32.2. The Balaban J connectivity index is 0.000000134. The van der Waals surface area contributed by atoms with Crippen molar-refractivity contribution >= 4 is 122 Å². The summed E-state index contributed by atoms with van der Waals surface area (Å²) in [7, 11) is -14.4. The van der Waals surface area contributed by atoms with Crippen molar-refractivity contribution in [2.45, 2.75) is 170 Å². The molecule has 1 unspecified atom stereocenters. The van der Waals surface area contributed by atoms with Crippen LogP contribution in [-0.4, -0.2) is 190 Å². The first kappa shape index (κ1) is 88.9. The molecule has 5 fully saturated rings. The summed E-state index contributed by atoms with van der Waals surface area (Å²) in [6.45, 7) is 28.2. The van der Waals surface area contributed by atoms with Gasteiger partial charge in [0.15, 0.2) is 62.5 Å². The molecule has 9 aromatic heterocycles. The van der Waals surface area contributed by atoms with E-state index >= 15 is 0 Å². The second kappa shape index (κ2) is 33.3. The van der Waals surface area contributed by atoms with Crippen LogP contribution in [0.1, 0.15) is 211 Å². The fourth-order valence-corrected chi connectivity index (χ4v) is 27.0. The Bertz CT molecular complexity index is 6830. The highest BCUT2D eigenvalue weighted by Crippen LogP contribution is 2.45. The summed E-state index contributed by atoms with van der Waals surface area (Å²) in [5.74, 6) is 5.23. The molecule has 0 bridgehead atoms. The van der Waals surface area contributed by atoms with Crippen LogP contribution in [0.3, 0.4) is 0 Å². The average Bonchev–Trinajstić information content (AvgIpc) is 1.72. The number of carbonyl (C=O) groups is 4. The Kier molecular flexibility index (Phi) is 24.0. The Morgan fingerprint density at radius 1 is 0.431 bits per heavy atom. The van der Waals surface area contributed by atoms with Gasteiger partial charge >= 0.3 is 0 Å². The number of rotatable bonds is 24. The SMILES string of the molecule is C=S(C)(=O)c1cccc(-c2nn(C(C)C)c3cc(C(=O)CC4(C)CS(=O)(=O)C4)cnc23)c1.CC(C)n1nc(-c2cncc(C3CC3)c2)c2ncc(C(=O)CC3(C)CS(=O)(=O)C3)cc21.CCOc1cccc(-c2nn(C(C)C)c3cc(C(=O)CC4(C)CS(=O)(=O)C4)cnc23)c1.Cc1cccc(-c2nn(C(C)C)c3cc(C(=O)CC4(C)CS(=O)(=O)C4)cnc23)c1. The first-order valence-electron chi connectivity index (χ1n) is 41.3. The van der Waals surface area contributed by atoms with E-state index in [4.69, 9.17) is 25.1 Å². The summed E-state index contributed by atoms with van der Waals surface area (Å²) in [5, 5.41) is 19.2. The van der Waals surface area contributed by atoms with E-state index in [0.29, 0.717) is 50.9 Å². The van der Waals surface area contributed by atoms with Crippen molar-refractivity contribution in [3.8, 4) is 50.8 Å². The zero-order chi connectivity index (χ0) is 88.8. The summed E-state index contributed by atoms with van der Waals surface area (Å²) in [6, 6.07) is 32.9. The molecular formula is C91H105N13O14S5. The first-order chi connectivity index (χ1) is 57.6. The molecule has 1 saturated carbocycles.